The number of alkyl halides is 1. The van der Waals surface area contributed by atoms with Crippen LogP contribution in [0.15, 0.2) is 24.3 Å². The second-order valence-corrected chi connectivity index (χ2v) is 11.3. The highest BCUT2D eigenvalue weighted by Crippen LogP contribution is 2.39. The number of allylic oxidation sites excluding steroid dienone is 3. The number of carbonyl (C=O) groups excluding carboxylic acids is 2. The number of urea groups is 1. The molecule has 2 heterocycles. The van der Waals surface area contributed by atoms with Gasteiger partial charge in [0.05, 0.1) is 24.7 Å². The summed E-state index contributed by atoms with van der Waals surface area (Å²) in [6, 6.07) is 0.175. The van der Waals surface area contributed by atoms with Gasteiger partial charge < -0.3 is 35.1 Å². The van der Waals surface area contributed by atoms with Gasteiger partial charge in [-0.15, -0.1) is 11.6 Å². The molecule has 3 aliphatic rings. The Hall–Kier alpha value is -1.81. The smallest absolute Gasteiger partial charge is 0.406 e. The molecule has 2 unspecified atom stereocenters. The number of hydrogen-bond donors (Lipinski definition) is 3. The zero-order valence-electron chi connectivity index (χ0n) is 22.5. The number of ether oxygens (including phenoxy) is 3. The quantitative estimate of drug-likeness (QED) is 0.275. The molecule has 2 saturated heterocycles. The molecule has 210 valence electrons. The highest BCUT2D eigenvalue weighted by Gasteiger charge is 2.41. The molecule has 0 saturated carbocycles. The number of likely N-dealkylation sites (tertiary alicyclic amines) is 1. The Balaban J connectivity index is 1.57. The Morgan fingerprint density at radius 2 is 2.08 bits per heavy atom. The lowest BCUT2D eigenvalue weighted by molar-refractivity contribution is -0.0355. The third-order valence-corrected chi connectivity index (χ3v) is 8.09. The van der Waals surface area contributed by atoms with Crippen LogP contribution < -0.4 is 16.0 Å². The number of nitrogens with one attached hydrogen (secondary N) is 3. The summed E-state index contributed by atoms with van der Waals surface area (Å²) in [4.78, 5) is 25.9. The molecule has 9 nitrogen and oxygen atoms in total. The van der Waals surface area contributed by atoms with E-state index in [4.69, 9.17) is 21.1 Å². The van der Waals surface area contributed by atoms with E-state index in [1.54, 1.807) is 0 Å². The fourth-order valence-corrected chi connectivity index (χ4v) is 5.86. The van der Waals surface area contributed by atoms with Crippen molar-refractivity contribution in [2.75, 3.05) is 60.2 Å². The normalized spacial score (nSPS) is 29.4. The van der Waals surface area contributed by atoms with Crippen molar-refractivity contribution < 1.29 is 23.8 Å². The summed E-state index contributed by atoms with van der Waals surface area (Å²) in [5.74, 6) is 0.601. The molecule has 2 aliphatic heterocycles. The molecule has 6 atom stereocenters. The van der Waals surface area contributed by atoms with Gasteiger partial charge in [-0.3, -0.25) is 0 Å². The van der Waals surface area contributed by atoms with Crippen LogP contribution in [0.25, 0.3) is 0 Å². The second kappa shape index (κ2) is 15.0. The predicted octanol–water partition coefficient (Wildman–Crippen LogP) is 3.29. The average Bonchev–Trinajstić information content (AvgIpc) is 2.91. The zero-order valence-corrected chi connectivity index (χ0v) is 23.3. The van der Waals surface area contributed by atoms with Gasteiger partial charge in [-0.1, -0.05) is 24.3 Å². The lowest BCUT2D eigenvalue weighted by atomic mass is 9.77. The number of piperidine rings is 1. The fraction of sp³-hybridized carbons (Fsp3) is 0.778. The molecule has 1 aliphatic carbocycles. The second-order valence-electron chi connectivity index (χ2n) is 10.5. The highest BCUT2D eigenvalue weighted by atomic mass is 35.5. The average molecular weight is 541 g/mol. The predicted molar refractivity (Wildman–Crippen MR) is 145 cm³/mol. The van der Waals surface area contributed by atoms with E-state index in [2.05, 4.69) is 26.8 Å². The number of rotatable bonds is 11. The number of alkyl carbamates (subject to hydrolysis) is 1. The minimum absolute atomic E-state index is 0.0383. The molecule has 0 aromatic rings. The molecule has 37 heavy (non-hydrogen) atoms. The number of carbonyl (C=O) groups is 2. The molecule has 3 amide bonds. The summed E-state index contributed by atoms with van der Waals surface area (Å²) in [5.41, 5.74) is 0. The molecular formula is C27H45ClN4O5. The van der Waals surface area contributed by atoms with Crippen LogP contribution in [0.4, 0.5) is 9.59 Å². The SMILES string of the molecule is CN[C@H](CNC(=O)N1CCC[C@@H]([C@@H](OCCNC(=O)OC)C2C=CC=CC2(C)Cl)C1)C[C@H]1CCCOC1. The van der Waals surface area contributed by atoms with Gasteiger partial charge in [-0.2, -0.15) is 0 Å². The van der Waals surface area contributed by atoms with E-state index in [-0.39, 0.29) is 30.0 Å². The maximum absolute atomic E-state index is 13.2. The molecule has 0 bridgehead atoms. The molecule has 10 heteroatoms. The molecule has 3 rings (SSSR count). The van der Waals surface area contributed by atoms with E-state index in [1.165, 1.54) is 13.5 Å². The summed E-state index contributed by atoms with van der Waals surface area (Å²) in [7, 11) is 3.28. The first kappa shape index (κ1) is 29.7. The Morgan fingerprint density at radius 1 is 1.24 bits per heavy atom. The van der Waals surface area contributed by atoms with E-state index in [0.29, 0.717) is 32.2 Å². The number of hydrogen-bond acceptors (Lipinski definition) is 6. The topological polar surface area (TPSA) is 101 Å². The largest absolute Gasteiger partial charge is 0.453 e. The van der Waals surface area contributed by atoms with Crippen molar-refractivity contribution in [2.24, 2.45) is 17.8 Å². The first-order valence-electron chi connectivity index (χ1n) is 13.6. The van der Waals surface area contributed by atoms with Crippen LogP contribution in [0.3, 0.4) is 0 Å². The number of amides is 3. The third-order valence-electron chi connectivity index (χ3n) is 7.71. The Morgan fingerprint density at radius 3 is 2.78 bits per heavy atom. The van der Waals surface area contributed by atoms with Crippen LogP contribution in [-0.4, -0.2) is 94.2 Å². The first-order valence-corrected chi connectivity index (χ1v) is 14.0. The van der Waals surface area contributed by atoms with Crippen LogP contribution >= 0.6 is 11.6 Å². The Kier molecular flexibility index (Phi) is 12.0. The highest BCUT2D eigenvalue weighted by molar-refractivity contribution is 6.25. The first-order chi connectivity index (χ1) is 17.8. The molecule has 3 N–H and O–H groups in total. The van der Waals surface area contributed by atoms with Gasteiger partial charge in [-0.05, 0) is 52.0 Å². The summed E-state index contributed by atoms with van der Waals surface area (Å²) < 4.78 is 16.6. The standard InChI is InChI=1S/C27H45ClN4O5/c1-27(28)11-5-4-10-23(27)24(37-15-12-30-26(34)35-3)21-9-6-13-32(18-21)25(33)31-17-22(29-2)16-20-8-7-14-36-19-20/h4-5,10-11,20-24,29H,6-9,12-19H2,1-3H3,(H,30,34)(H,31,33)/t20-,21-,22+,23?,24-,27?/m1/s1. The minimum Gasteiger partial charge on any atom is -0.453 e. The molecule has 0 radical (unpaired) electrons. The van der Waals surface area contributed by atoms with E-state index >= 15 is 0 Å². The number of methoxy groups -OCH3 is 1. The van der Waals surface area contributed by atoms with Crippen molar-refractivity contribution in [2.45, 2.75) is 56.0 Å². The van der Waals surface area contributed by atoms with Gasteiger partial charge in [0.1, 0.15) is 0 Å². The zero-order chi connectivity index (χ0) is 26.7. The van der Waals surface area contributed by atoms with Crippen molar-refractivity contribution >= 4 is 23.7 Å². The number of likely N-dealkylation sites (N-methyl/N-ethyl adjacent to an activating group) is 1. The summed E-state index contributed by atoms with van der Waals surface area (Å²) >= 11 is 6.90. The van der Waals surface area contributed by atoms with Crippen LogP contribution in [0.1, 0.15) is 39.0 Å². The van der Waals surface area contributed by atoms with Crippen LogP contribution in [0, 0.1) is 17.8 Å². The van der Waals surface area contributed by atoms with Crippen LogP contribution in [-0.2, 0) is 14.2 Å². The van der Waals surface area contributed by atoms with Crippen LogP contribution in [0.2, 0.25) is 0 Å². The Bertz CT molecular complexity index is 787. The summed E-state index contributed by atoms with van der Waals surface area (Å²) in [6.45, 7) is 6.23. The van der Waals surface area contributed by atoms with Crippen molar-refractivity contribution in [3.05, 3.63) is 24.3 Å². The van der Waals surface area contributed by atoms with E-state index in [1.807, 2.05) is 37.1 Å². The van der Waals surface area contributed by atoms with Gasteiger partial charge in [0.25, 0.3) is 0 Å². The molecule has 2 fully saturated rings. The van der Waals surface area contributed by atoms with Gasteiger partial charge in [-0.25, -0.2) is 9.59 Å². The van der Waals surface area contributed by atoms with Gasteiger partial charge in [0, 0.05) is 57.3 Å². The van der Waals surface area contributed by atoms with Crippen molar-refractivity contribution in [1.29, 1.82) is 0 Å². The summed E-state index contributed by atoms with van der Waals surface area (Å²) in [5, 5.41) is 9.16. The van der Waals surface area contributed by atoms with Crippen molar-refractivity contribution in [1.82, 2.24) is 20.9 Å². The third kappa shape index (κ3) is 9.16. The maximum atomic E-state index is 13.2. The van der Waals surface area contributed by atoms with Gasteiger partial charge >= 0.3 is 12.1 Å². The maximum Gasteiger partial charge on any atom is 0.406 e. The van der Waals surface area contributed by atoms with Gasteiger partial charge in [0.15, 0.2) is 0 Å². The van der Waals surface area contributed by atoms with Gasteiger partial charge in [0.2, 0.25) is 0 Å². The van der Waals surface area contributed by atoms with Crippen molar-refractivity contribution in [3.63, 3.8) is 0 Å². The number of nitrogens with zero attached hydrogens (tertiary/aromatic N) is 1. The molecule has 0 spiro atoms. The molecule has 0 aromatic carbocycles. The van der Waals surface area contributed by atoms with E-state index < -0.39 is 11.0 Å². The van der Waals surface area contributed by atoms with E-state index in [0.717, 1.165) is 45.4 Å². The Labute approximate surface area is 226 Å². The fourth-order valence-electron chi connectivity index (χ4n) is 5.59. The van der Waals surface area contributed by atoms with E-state index in [9.17, 15) is 9.59 Å². The monoisotopic (exact) mass is 540 g/mol. The van der Waals surface area contributed by atoms with Crippen molar-refractivity contribution in [3.8, 4) is 0 Å². The molecule has 0 aromatic heterocycles. The summed E-state index contributed by atoms with van der Waals surface area (Å²) in [6.07, 6.45) is 12.5. The molecular weight excluding hydrogens is 496 g/mol. The minimum atomic E-state index is -0.595. The lowest BCUT2D eigenvalue weighted by Crippen LogP contribution is -2.53. The van der Waals surface area contributed by atoms with Crippen LogP contribution in [0.5, 0.6) is 0 Å². The lowest BCUT2D eigenvalue weighted by Gasteiger charge is -2.43. The number of halogens is 1.